The van der Waals surface area contributed by atoms with E-state index in [0.717, 1.165) is 44.7 Å². The van der Waals surface area contributed by atoms with Crippen molar-refractivity contribution in [1.29, 1.82) is 0 Å². The third-order valence-corrected chi connectivity index (χ3v) is 6.11. The molecule has 2 aliphatic rings. The summed E-state index contributed by atoms with van der Waals surface area (Å²) in [4.78, 5) is 23.7. The Bertz CT molecular complexity index is 400. The van der Waals surface area contributed by atoms with Gasteiger partial charge in [0.05, 0.1) is 11.1 Å². The van der Waals surface area contributed by atoms with E-state index in [0.29, 0.717) is 12.8 Å². The molecule has 0 aromatic carbocycles. The van der Waals surface area contributed by atoms with Gasteiger partial charge >= 0.3 is 0 Å². The Hall–Kier alpha value is -0.740. The number of hydrogen-bond acceptors (Lipinski definition) is 4. The number of carbonyl (C=O) groups excluding carboxylic acids is 2. The minimum atomic E-state index is -1.07. The lowest BCUT2D eigenvalue weighted by Gasteiger charge is -2.55. The largest absolute Gasteiger partial charge is 0.312 e. The van der Waals surface area contributed by atoms with Crippen LogP contribution in [0.5, 0.6) is 0 Å². The Morgan fingerprint density at radius 2 is 1.67 bits per heavy atom. The molecule has 0 spiro atoms. The fourth-order valence-corrected chi connectivity index (χ4v) is 4.53. The van der Waals surface area contributed by atoms with Crippen molar-refractivity contribution < 1.29 is 9.59 Å². The zero-order chi connectivity index (χ0) is 15.7. The predicted molar refractivity (Wildman–Crippen MR) is 83.4 cm³/mol. The second kappa shape index (κ2) is 5.81. The second-order valence-electron chi connectivity index (χ2n) is 8.04. The summed E-state index contributed by atoms with van der Waals surface area (Å²) in [5, 5.41) is 0. The minimum absolute atomic E-state index is 0.0702. The quantitative estimate of drug-likeness (QED) is 0.615. The van der Waals surface area contributed by atoms with E-state index in [1.54, 1.807) is 0 Å². The van der Waals surface area contributed by atoms with Gasteiger partial charge in [0.25, 0.3) is 0 Å². The molecule has 0 aliphatic heterocycles. The number of carbonyl (C=O) groups is 2. The molecule has 0 radical (unpaired) electrons. The molecule has 0 bridgehead atoms. The van der Waals surface area contributed by atoms with Crippen molar-refractivity contribution in [3.8, 4) is 0 Å². The smallest absolute Gasteiger partial charge is 0.130 e. The van der Waals surface area contributed by atoms with Crippen LogP contribution in [0.3, 0.4) is 0 Å². The van der Waals surface area contributed by atoms with Crippen LogP contribution in [0, 0.1) is 22.7 Å². The molecule has 0 saturated heterocycles. The minimum Gasteiger partial charge on any atom is -0.312 e. The number of nitrogens with two attached hydrogens (primary N) is 2. The lowest BCUT2D eigenvalue weighted by molar-refractivity contribution is -0.142. The number of rotatable bonds is 4. The summed E-state index contributed by atoms with van der Waals surface area (Å²) in [5.74, 6) is -0.226. The highest BCUT2D eigenvalue weighted by Crippen LogP contribution is 2.53. The maximum atomic E-state index is 12.0. The summed E-state index contributed by atoms with van der Waals surface area (Å²) >= 11 is 0. The average Bonchev–Trinajstić information content (AvgIpc) is 2.47. The van der Waals surface area contributed by atoms with Crippen LogP contribution < -0.4 is 11.5 Å². The van der Waals surface area contributed by atoms with Crippen LogP contribution in [0.15, 0.2) is 0 Å². The van der Waals surface area contributed by atoms with Crippen molar-refractivity contribution in [2.75, 3.05) is 0 Å². The van der Waals surface area contributed by atoms with E-state index in [-0.39, 0.29) is 17.3 Å². The molecule has 0 amide bonds. The maximum Gasteiger partial charge on any atom is 0.130 e. The molecule has 0 heterocycles. The van der Waals surface area contributed by atoms with Crippen molar-refractivity contribution in [2.24, 2.45) is 34.1 Å². The average molecular weight is 294 g/mol. The lowest BCUT2D eigenvalue weighted by atomic mass is 9.52. The third kappa shape index (κ3) is 2.80. The predicted octanol–water partition coefficient (Wildman–Crippen LogP) is 2.39. The van der Waals surface area contributed by atoms with Crippen LogP contribution in [0.4, 0.5) is 0 Å². The van der Waals surface area contributed by atoms with E-state index in [4.69, 9.17) is 11.5 Å². The van der Waals surface area contributed by atoms with E-state index in [1.807, 2.05) is 0 Å². The van der Waals surface area contributed by atoms with E-state index in [2.05, 4.69) is 13.8 Å². The molecule has 21 heavy (non-hydrogen) atoms. The Morgan fingerprint density at radius 1 is 1.05 bits per heavy atom. The van der Waals surface area contributed by atoms with Gasteiger partial charge in [-0.2, -0.15) is 0 Å². The summed E-state index contributed by atoms with van der Waals surface area (Å²) < 4.78 is 0. The Kier molecular flexibility index (Phi) is 4.60. The molecule has 2 saturated carbocycles. The van der Waals surface area contributed by atoms with E-state index < -0.39 is 11.1 Å². The van der Waals surface area contributed by atoms with Crippen LogP contribution in [0.2, 0.25) is 0 Å². The highest BCUT2D eigenvalue weighted by molar-refractivity contribution is 5.72. The van der Waals surface area contributed by atoms with Crippen LogP contribution in [-0.2, 0) is 9.59 Å². The lowest BCUT2D eigenvalue weighted by Crippen LogP contribution is -2.71. The van der Waals surface area contributed by atoms with Gasteiger partial charge in [-0.3, -0.25) is 0 Å². The highest BCUT2D eigenvalue weighted by atomic mass is 16.1. The molecule has 2 rings (SSSR count). The number of aldehydes is 2. The summed E-state index contributed by atoms with van der Waals surface area (Å²) in [5.41, 5.74) is 11.2. The van der Waals surface area contributed by atoms with E-state index >= 15 is 0 Å². The Labute approximate surface area is 128 Å². The van der Waals surface area contributed by atoms with Gasteiger partial charge in [0.15, 0.2) is 0 Å². The van der Waals surface area contributed by atoms with E-state index in [1.165, 1.54) is 6.42 Å². The molecule has 2 atom stereocenters. The van der Waals surface area contributed by atoms with Crippen molar-refractivity contribution in [3.63, 3.8) is 0 Å². The summed E-state index contributed by atoms with van der Waals surface area (Å²) in [6.45, 7) is 4.29. The first-order valence-electron chi connectivity index (χ1n) is 8.28. The Balaban J connectivity index is 2.34. The third-order valence-electron chi connectivity index (χ3n) is 6.11. The fourth-order valence-electron chi connectivity index (χ4n) is 4.53. The topological polar surface area (TPSA) is 86.2 Å². The maximum absolute atomic E-state index is 12.0. The van der Waals surface area contributed by atoms with Crippen LogP contribution in [0.25, 0.3) is 0 Å². The van der Waals surface area contributed by atoms with Gasteiger partial charge in [0, 0.05) is 5.92 Å². The van der Waals surface area contributed by atoms with Gasteiger partial charge in [-0.15, -0.1) is 0 Å². The zero-order valence-electron chi connectivity index (χ0n) is 13.4. The van der Waals surface area contributed by atoms with E-state index in [9.17, 15) is 9.59 Å². The molecule has 2 aliphatic carbocycles. The fraction of sp³-hybridized carbons (Fsp3) is 0.882. The normalized spacial score (nSPS) is 34.4. The van der Waals surface area contributed by atoms with Crippen LogP contribution >= 0.6 is 0 Å². The van der Waals surface area contributed by atoms with Gasteiger partial charge in [-0.25, -0.2) is 0 Å². The van der Waals surface area contributed by atoms with Crippen molar-refractivity contribution in [2.45, 2.75) is 70.9 Å². The summed E-state index contributed by atoms with van der Waals surface area (Å²) in [7, 11) is 0. The number of hydrogen-bond donors (Lipinski definition) is 2. The molecule has 0 aromatic heterocycles. The first-order valence-corrected chi connectivity index (χ1v) is 8.28. The van der Waals surface area contributed by atoms with Crippen molar-refractivity contribution in [1.82, 2.24) is 0 Å². The SMILES string of the molecule is CC1(C)CCC(C=O)(C(N)(N)C2CCCCC2)C(C=O)C1. The summed E-state index contributed by atoms with van der Waals surface area (Å²) in [6, 6.07) is 0. The molecule has 2 unspecified atom stereocenters. The van der Waals surface area contributed by atoms with Gasteiger partial charge in [-0.1, -0.05) is 33.1 Å². The molecule has 4 heteroatoms. The van der Waals surface area contributed by atoms with Gasteiger partial charge < -0.3 is 21.1 Å². The molecule has 0 aromatic rings. The molecular formula is C17H30N2O2. The van der Waals surface area contributed by atoms with Gasteiger partial charge in [-0.05, 0) is 43.4 Å². The molecular weight excluding hydrogens is 264 g/mol. The molecule has 4 nitrogen and oxygen atoms in total. The zero-order valence-corrected chi connectivity index (χ0v) is 13.4. The van der Waals surface area contributed by atoms with Gasteiger partial charge in [0.2, 0.25) is 0 Å². The second-order valence-corrected chi connectivity index (χ2v) is 8.04. The standard InChI is InChI=1S/C17H30N2O2/c1-15(2)8-9-16(12-21,14(10-15)11-20)17(18,19)13-6-4-3-5-7-13/h11-14H,3-10,18-19H2,1-2H3. The first-order chi connectivity index (χ1) is 9.79. The molecule has 4 N–H and O–H groups in total. The highest BCUT2D eigenvalue weighted by Gasteiger charge is 2.58. The van der Waals surface area contributed by atoms with Crippen molar-refractivity contribution in [3.05, 3.63) is 0 Å². The van der Waals surface area contributed by atoms with Gasteiger partial charge in [0.1, 0.15) is 12.6 Å². The molecule has 120 valence electrons. The Morgan fingerprint density at radius 3 is 2.19 bits per heavy atom. The van der Waals surface area contributed by atoms with Crippen LogP contribution in [0.1, 0.15) is 65.2 Å². The summed E-state index contributed by atoms with van der Waals surface area (Å²) in [6.07, 6.45) is 9.43. The molecule has 2 fully saturated rings. The monoisotopic (exact) mass is 294 g/mol. The van der Waals surface area contributed by atoms with Crippen LogP contribution in [-0.4, -0.2) is 18.2 Å². The van der Waals surface area contributed by atoms with Crippen molar-refractivity contribution >= 4 is 12.6 Å². The first kappa shape index (κ1) is 16.6.